The van der Waals surface area contributed by atoms with Crippen LogP contribution in [0.5, 0.6) is 0 Å². The highest BCUT2D eigenvalue weighted by Gasteiger charge is 2.20. The highest BCUT2D eigenvalue weighted by atomic mass is 35.5. The van der Waals surface area contributed by atoms with Gasteiger partial charge in [0.25, 0.3) is 0 Å². The molecule has 0 radical (unpaired) electrons. The number of para-hydroxylation sites is 1. The van der Waals surface area contributed by atoms with Crippen LogP contribution in [-0.2, 0) is 4.79 Å². The summed E-state index contributed by atoms with van der Waals surface area (Å²) in [5, 5.41) is 0.972. The third kappa shape index (κ3) is 4.53. The predicted molar refractivity (Wildman–Crippen MR) is 107 cm³/mol. The van der Waals surface area contributed by atoms with Gasteiger partial charge >= 0.3 is 0 Å². The summed E-state index contributed by atoms with van der Waals surface area (Å²) >= 11 is 12.7. The van der Waals surface area contributed by atoms with Crippen molar-refractivity contribution >= 4 is 52.5 Å². The first kappa shape index (κ1) is 19.3. The molecule has 0 aliphatic rings. The maximum absolute atomic E-state index is 12.3. The maximum Gasteiger partial charge on any atom is 0.228 e. The molecule has 0 atom stereocenters. The number of hydrogen-bond acceptors (Lipinski definition) is 2. The minimum Gasteiger partial charge on any atom is -0.366 e. The highest BCUT2D eigenvalue weighted by molar-refractivity contribution is 6.35. The number of benzene rings is 2. The van der Waals surface area contributed by atoms with Crippen molar-refractivity contribution in [3.63, 3.8) is 0 Å². The Hall–Kier alpha value is -2.04. The van der Waals surface area contributed by atoms with Crippen LogP contribution in [0, 0.1) is 6.92 Å². The van der Waals surface area contributed by atoms with E-state index in [9.17, 15) is 4.79 Å². The van der Waals surface area contributed by atoms with Crippen molar-refractivity contribution in [2.75, 3.05) is 18.5 Å². The summed E-state index contributed by atoms with van der Waals surface area (Å²) in [5.74, 6) is -0.144. The molecule has 0 spiro atoms. The number of carbonyl (C=O) groups is 1. The van der Waals surface area contributed by atoms with Crippen LogP contribution in [0.1, 0.15) is 19.4 Å². The average Bonchev–Trinajstić information content (AvgIpc) is 2.57. The molecular formula is C19H21Cl2N3O. The Balaban J connectivity index is 2.50. The zero-order valence-corrected chi connectivity index (χ0v) is 16.3. The summed E-state index contributed by atoms with van der Waals surface area (Å²) in [6.07, 6.45) is 1.73. The molecule has 2 aromatic carbocycles. The van der Waals surface area contributed by atoms with Crippen LogP contribution in [0.2, 0.25) is 10.0 Å². The lowest BCUT2D eigenvalue weighted by atomic mass is 10.1. The summed E-state index contributed by atoms with van der Waals surface area (Å²) in [6.45, 7) is 6.30. The number of nitrogens with zero attached hydrogens (tertiary/aromatic N) is 3. The molecule has 132 valence electrons. The fourth-order valence-electron chi connectivity index (χ4n) is 2.34. The van der Waals surface area contributed by atoms with Gasteiger partial charge in [0.1, 0.15) is 0 Å². The number of hydrogen-bond donors (Lipinski definition) is 0. The normalized spacial score (nSPS) is 11.0. The minimum atomic E-state index is -0.144. The average molecular weight is 378 g/mol. The molecule has 0 aliphatic heterocycles. The van der Waals surface area contributed by atoms with Gasteiger partial charge in [-0.2, -0.15) is 0 Å². The second-order valence-electron chi connectivity index (χ2n) is 5.71. The first-order valence-corrected chi connectivity index (χ1v) is 8.70. The number of aliphatic imine (C=N–C) groups is 1. The highest BCUT2D eigenvalue weighted by Crippen LogP contribution is 2.38. The van der Waals surface area contributed by atoms with E-state index in [1.54, 1.807) is 29.4 Å². The van der Waals surface area contributed by atoms with Gasteiger partial charge in [-0.1, -0.05) is 35.3 Å². The molecule has 1 amide bonds. The van der Waals surface area contributed by atoms with Gasteiger partial charge in [0.15, 0.2) is 0 Å². The lowest BCUT2D eigenvalue weighted by molar-refractivity contribution is -0.115. The van der Waals surface area contributed by atoms with Crippen LogP contribution < -0.4 is 4.90 Å². The van der Waals surface area contributed by atoms with Crippen LogP contribution in [0.3, 0.4) is 0 Å². The molecule has 6 heteroatoms. The fourth-order valence-corrected chi connectivity index (χ4v) is 2.77. The van der Waals surface area contributed by atoms with E-state index in [0.717, 1.165) is 12.1 Å². The van der Waals surface area contributed by atoms with Crippen molar-refractivity contribution in [3.05, 3.63) is 52.0 Å². The molecule has 0 aliphatic carbocycles. The van der Waals surface area contributed by atoms with Gasteiger partial charge in [-0.3, -0.25) is 9.69 Å². The number of carbonyl (C=O) groups excluding carboxylic acids is 1. The number of anilines is 2. The SMILES string of the molecule is CCN(C)C=Nc1cc(C)c(N(C(C)=O)c2ccccc2Cl)cc1Cl. The Morgan fingerprint density at radius 1 is 1.16 bits per heavy atom. The molecule has 0 aromatic heterocycles. The second kappa shape index (κ2) is 8.37. The summed E-state index contributed by atoms with van der Waals surface area (Å²) in [4.78, 5) is 20.2. The van der Waals surface area contributed by atoms with Crippen molar-refractivity contribution in [1.29, 1.82) is 0 Å². The predicted octanol–water partition coefficient (Wildman–Crippen LogP) is 5.60. The lowest BCUT2D eigenvalue weighted by Crippen LogP contribution is -2.23. The van der Waals surface area contributed by atoms with Gasteiger partial charge in [0, 0.05) is 20.5 Å². The van der Waals surface area contributed by atoms with E-state index in [1.807, 2.05) is 44.0 Å². The topological polar surface area (TPSA) is 35.9 Å². The molecule has 0 saturated heterocycles. The fraction of sp³-hybridized carbons (Fsp3) is 0.263. The number of aryl methyl sites for hydroxylation is 1. The number of halogens is 2. The van der Waals surface area contributed by atoms with Crippen LogP contribution in [0.4, 0.5) is 17.1 Å². The largest absolute Gasteiger partial charge is 0.366 e. The number of amides is 1. The van der Waals surface area contributed by atoms with Crippen LogP contribution in [0.15, 0.2) is 41.4 Å². The molecule has 0 fully saturated rings. The lowest BCUT2D eigenvalue weighted by Gasteiger charge is -2.25. The molecule has 2 rings (SSSR count). The Kier molecular flexibility index (Phi) is 6.45. The molecule has 25 heavy (non-hydrogen) atoms. The van der Waals surface area contributed by atoms with Gasteiger partial charge < -0.3 is 4.90 Å². The Bertz CT molecular complexity index is 805. The standard InChI is InChI=1S/C19H21Cl2N3O/c1-5-23(4)12-22-17-10-13(2)19(11-16(17)21)24(14(3)25)18-9-7-6-8-15(18)20/h6-12H,5H2,1-4H3. The molecular weight excluding hydrogens is 357 g/mol. The zero-order chi connectivity index (χ0) is 18.6. The van der Waals surface area contributed by atoms with Crippen molar-refractivity contribution < 1.29 is 4.79 Å². The Morgan fingerprint density at radius 2 is 1.84 bits per heavy atom. The molecule has 0 saturated carbocycles. The third-order valence-electron chi connectivity index (χ3n) is 3.81. The van der Waals surface area contributed by atoms with Crippen molar-refractivity contribution in [2.45, 2.75) is 20.8 Å². The first-order valence-electron chi connectivity index (χ1n) is 7.95. The molecule has 4 nitrogen and oxygen atoms in total. The molecule has 0 N–H and O–H groups in total. The zero-order valence-electron chi connectivity index (χ0n) is 14.8. The summed E-state index contributed by atoms with van der Waals surface area (Å²) in [7, 11) is 1.94. The van der Waals surface area contributed by atoms with Gasteiger partial charge in [-0.15, -0.1) is 0 Å². The summed E-state index contributed by atoms with van der Waals surface area (Å²) in [5.41, 5.74) is 2.85. The van der Waals surface area contributed by atoms with Crippen LogP contribution >= 0.6 is 23.2 Å². The summed E-state index contributed by atoms with van der Waals surface area (Å²) < 4.78 is 0. The molecule has 2 aromatic rings. The van der Waals surface area contributed by atoms with E-state index in [-0.39, 0.29) is 5.91 Å². The second-order valence-corrected chi connectivity index (χ2v) is 6.53. The van der Waals surface area contributed by atoms with E-state index in [2.05, 4.69) is 4.99 Å². The smallest absolute Gasteiger partial charge is 0.228 e. The van der Waals surface area contributed by atoms with Gasteiger partial charge in [-0.25, -0.2) is 4.99 Å². The van der Waals surface area contributed by atoms with Crippen molar-refractivity contribution in [2.24, 2.45) is 4.99 Å². The van der Waals surface area contributed by atoms with Gasteiger partial charge in [-0.05, 0) is 43.7 Å². The number of rotatable bonds is 5. The Morgan fingerprint density at radius 3 is 2.44 bits per heavy atom. The maximum atomic E-state index is 12.3. The van der Waals surface area contributed by atoms with E-state index in [4.69, 9.17) is 23.2 Å². The first-order chi connectivity index (χ1) is 11.8. The van der Waals surface area contributed by atoms with Crippen LogP contribution in [-0.4, -0.2) is 30.7 Å². The van der Waals surface area contributed by atoms with E-state index >= 15 is 0 Å². The quantitative estimate of drug-likeness (QED) is 0.502. The van der Waals surface area contributed by atoms with E-state index in [0.29, 0.717) is 27.1 Å². The van der Waals surface area contributed by atoms with Gasteiger partial charge in [0.05, 0.1) is 33.4 Å². The summed E-state index contributed by atoms with van der Waals surface area (Å²) in [6, 6.07) is 10.8. The molecule has 0 bridgehead atoms. The van der Waals surface area contributed by atoms with E-state index < -0.39 is 0 Å². The third-order valence-corrected chi connectivity index (χ3v) is 4.43. The van der Waals surface area contributed by atoms with Crippen molar-refractivity contribution in [1.82, 2.24) is 4.90 Å². The van der Waals surface area contributed by atoms with Crippen molar-refractivity contribution in [3.8, 4) is 0 Å². The molecule has 0 heterocycles. The van der Waals surface area contributed by atoms with E-state index in [1.165, 1.54) is 6.92 Å². The van der Waals surface area contributed by atoms with Gasteiger partial charge in [0.2, 0.25) is 5.91 Å². The Labute approximate surface area is 158 Å². The van der Waals surface area contributed by atoms with Crippen LogP contribution in [0.25, 0.3) is 0 Å². The minimum absolute atomic E-state index is 0.144. The monoisotopic (exact) mass is 377 g/mol. The molecule has 0 unspecified atom stereocenters.